The van der Waals surface area contributed by atoms with Crippen LogP contribution < -0.4 is 4.57 Å². The van der Waals surface area contributed by atoms with E-state index in [1.807, 2.05) is 18.3 Å². The summed E-state index contributed by atoms with van der Waals surface area (Å²) in [6, 6.07) is 9.15. The van der Waals surface area contributed by atoms with Crippen molar-refractivity contribution in [2.45, 2.75) is 35.4 Å². The summed E-state index contributed by atoms with van der Waals surface area (Å²) in [6.07, 6.45) is 2.23. The molecule has 0 N–H and O–H groups in total. The normalized spacial score (nSPS) is 34.9. The minimum Gasteiger partial charge on any atom is -0.466 e. The van der Waals surface area contributed by atoms with Gasteiger partial charge in [0, 0.05) is 12.0 Å². The van der Waals surface area contributed by atoms with E-state index in [2.05, 4.69) is 40.6 Å². The van der Waals surface area contributed by atoms with E-state index >= 15 is 0 Å². The molecule has 3 aliphatic rings. The van der Waals surface area contributed by atoms with E-state index in [9.17, 15) is 4.79 Å². The highest BCUT2D eigenvalue weighted by atomic mass is 32.2. The fraction of sp³-hybridized carbons (Fsp3) is 0.529. The summed E-state index contributed by atoms with van der Waals surface area (Å²) in [6.45, 7) is 2.40. The fourth-order valence-corrected chi connectivity index (χ4v) is 7.93. The number of rotatable bonds is 2. The van der Waals surface area contributed by atoms with Crippen LogP contribution in [0.15, 0.2) is 28.6 Å². The first-order valence-corrected chi connectivity index (χ1v) is 9.74. The van der Waals surface area contributed by atoms with Crippen LogP contribution >= 0.6 is 23.1 Å². The van der Waals surface area contributed by atoms with Crippen LogP contribution in [0.3, 0.4) is 0 Å². The number of nitrogens with zero attached hydrogens (tertiary/aromatic N) is 1. The Morgan fingerprint density at radius 1 is 1.36 bits per heavy atom. The van der Waals surface area contributed by atoms with Gasteiger partial charge in [-0.1, -0.05) is 23.5 Å². The lowest BCUT2D eigenvalue weighted by molar-refractivity contribution is -0.727. The number of benzene rings is 1. The van der Waals surface area contributed by atoms with Gasteiger partial charge in [-0.2, -0.15) is 4.57 Å². The van der Waals surface area contributed by atoms with Gasteiger partial charge in [0.25, 0.3) is 4.34 Å². The number of ether oxygens (including phenoxy) is 1. The van der Waals surface area contributed by atoms with E-state index < -0.39 is 0 Å². The minimum absolute atomic E-state index is 0.0343. The first-order valence-electron chi connectivity index (χ1n) is 8.04. The molecule has 2 heterocycles. The maximum Gasteiger partial charge on any atom is 0.309 e. The molecular formula is C17H18NO2S2+. The molecule has 1 aromatic heterocycles. The van der Waals surface area contributed by atoms with Crippen LogP contribution in [0.2, 0.25) is 0 Å². The van der Waals surface area contributed by atoms with Gasteiger partial charge in [0.1, 0.15) is 4.70 Å². The Morgan fingerprint density at radius 2 is 2.23 bits per heavy atom. The van der Waals surface area contributed by atoms with Gasteiger partial charge in [0.05, 0.1) is 17.8 Å². The molecule has 0 radical (unpaired) electrons. The Bertz CT molecular complexity index is 771. The summed E-state index contributed by atoms with van der Waals surface area (Å²) in [7, 11) is 0. The number of para-hydroxylation sites is 1. The van der Waals surface area contributed by atoms with Crippen molar-refractivity contribution < 1.29 is 14.1 Å². The zero-order valence-corrected chi connectivity index (χ0v) is 14.0. The second-order valence-corrected chi connectivity index (χ2v) is 8.99. The fourth-order valence-electron chi connectivity index (χ4n) is 4.77. The molecule has 5 rings (SSSR count). The van der Waals surface area contributed by atoms with Crippen molar-refractivity contribution >= 4 is 39.3 Å². The quantitative estimate of drug-likeness (QED) is 0.623. The summed E-state index contributed by atoms with van der Waals surface area (Å²) in [5.41, 5.74) is 1.35. The van der Waals surface area contributed by atoms with Crippen molar-refractivity contribution in [1.29, 1.82) is 0 Å². The lowest BCUT2D eigenvalue weighted by Crippen LogP contribution is -2.46. The molecule has 2 saturated carbocycles. The Balaban J connectivity index is 1.57. The van der Waals surface area contributed by atoms with Crippen molar-refractivity contribution in [2.24, 2.45) is 17.8 Å². The molecule has 3 nitrogen and oxygen atoms in total. The lowest BCUT2D eigenvalue weighted by Gasteiger charge is -2.25. The third kappa shape index (κ3) is 1.64. The van der Waals surface area contributed by atoms with Crippen molar-refractivity contribution in [3.8, 4) is 0 Å². The molecule has 0 amide bonds. The molecule has 5 atom stereocenters. The summed E-state index contributed by atoms with van der Waals surface area (Å²) in [5, 5.41) is 0.673. The molecule has 2 fully saturated rings. The van der Waals surface area contributed by atoms with Crippen LogP contribution in [0, 0.1) is 17.8 Å². The average molecular weight is 332 g/mol. The minimum atomic E-state index is 0.0343. The number of fused-ring (bicyclic) bond motifs is 9. The maximum absolute atomic E-state index is 12.3. The molecule has 2 aromatic rings. The number of hydrogen-bond donors (Lipinski definition) is 0. The van der Waals surface area contributed by atoms with Crippen LogP contribution in [0.1, 0.15) is 25.8 Å². The van der Waals surface area contributed by atoms with Crippen molar-refractivity contribution in [2.75, 3.05) is 6.61 Å². The Kier molecular flexibility index (Phi) is 2.87. The van der Waals surface area contributed by atoms with Gasteiger partial charge >= 0.3 is 5.97 Å². The summed E-state index contributed by atoms with van der Waals surface area (Å²) in [5.74, 6) is 1.29. The molecular weight excluding hydrogens is 314 g/mol. The van der Waals surface area contributed by atoms with Crippen LogP contribution in [0.25, 0.3) is 10.2 Å². The van der Waals surface area contributed by atoms with Crippen molar-refractivity contribution in [3.63, 3.8) is 0 Å². The lowest BCUT2D eigenvalue weighted by atomic mass is 9.84. The zero-order chi connectivity index (χ0) is 14.8. The number of esters is 1. The van der Waals surface area contributed by atoms with Gasteiger partial charge in [0.15, 0.2) is 6.04 Å². The van der Waals surface area contributed by atoms with Crippen LogP contribution in [-0.2, 0) is 9.53 Å². The number of carbonyl (C=O) groups excluding carboxylic acids is 1. The average Bonchev–Trinajstić information content (AvgIpc) is 3.23. The van der Waals surface area contributed by atoms with Crippen LogP contribution in [-0.4, -0.2) is 17.8 Å². The molecule has 5 unspecified atom stereocenters. The van der Waals surface area contributed by atoms with Gasteiger partial charge in [-0.15, -0.1) is 0 Å². The van der Waals surface area contributed by atoms with Gasteiger partial charge < -0.3 is 4.74 Å². The highest BCUT2D eigenvalue weighted by Crippen LogP contribution is 2.61. The van der Waals surface area contributed by atoms with E-state index in [4.69, 9.17) is 4.74 Å². The zero-order valence-electron chi connectivity index (χ0n) is 12.4. The van der Waals surface area contributed by atoms with E-state index in [1.165, 1.54) is 21.0 Å². The van der Waals surface area contributed by atoms with E-state index in [1.54, 1.807) is 0 Å². The molecule has 114 valence electrons. The molecule has 1 aromatic carbocycles. The predicted molar refractivity (Wildman–Crippen MR) is 87.0 cm³/mol. The second kappa shape index (κ2) is 4.71. The third-order valence-electron chi connectivity index (χ3n) is 5.53. The molecule has 22 heavy (non-hydrogen) atoms. The highest BCUT2D eigenvalue weighted by molar-refractivity contribution is 8.01. The standard InChI is InChI=1S/C17H18NO2S2/c1-2-20-16(19)11-8-9-7-10(11)14-15(9)22-17-18(14)12-5-3-4-6-13(12)21-17/h3-6,9-11,14-15H,2,7-8H2,1H3/q+1. The van der Waals surface area contributed by atoms with E-state index in [0.29, 0.717) is 29.7 Å². The topological polar surface area (TPSA) is 30.2 Å². The highest BCUT2D eigenvalue weighted by Gasteiger charge is 2.64. The molecule has 0 saturated heterocycles. The maximum atomic E-state index is 12.3. The van der Waals surface area contributed by atoms with Gasteiger partial charge in [-0.25, -0.2) is 0 Å². The van der Waals surface area contributed by atoms with E-state index in [-0.39, 0.29) is 11.9 Å². The Morgan fingerprint density at radius 3 is 3.09 bits per heavy atom. The van der Waals surface area contributed by atoms with Crippen molar-refractivity contribution in [1.82, 2.24) is 0 Å². The number of aromatic nitrogens is 1. The molecule has 2 bridgehead atoms. The molecule has 5 heteroatoms. The number of hydrogen-bond acceptors (Lipinski definition) is 4. The summed E-state index contributed by atoms with van der Waals surface area (Å²) < 4.78 is 10.7. The molecule has 0 spiro atoms. The molecule has 2 aliphatic carbocycles. The largest absolute Gasteiger partial charge is 0.466 e. The van der Waals surface area contributed by atoms with Gasteiger partial charge in [-0.05, 0) is 43.5 Å². The predicted octanol–water partition coefficient (Wildman–Crippen LogP) is 3.42. The molecule has 1 aliphatic heterocycles. The number of carbonyl (C=O) groups is 1. The monoisotopic (exact) mass is 332 g/mol. The van der Waals surface area contributed by atoms with Crippen LogP contribution in [0.5, 0.6) is 0 Å². The van der Waals surface area contributed by atoms with Gasteiger partial charge in [0.2, 0.25) is 5.52 Å². The SMILES string of the molecule is CCOC(=O)C1CC2CC1C1C2Sc2sc3ccccc3[n+]21. The first-order chi connectivity index (χ1) is 10.8. The van der Waals surface area contributed by atoms with Crippen molar-refractivity contribution in [3.05, 3.63) is 24.3 Å². The van der Waals surface area contributed by atoms with E-state index in [0.717, 1.165) is 6.42 Å². The summed E-state index contributed by atoms with van der Waals surface area (Å²) >= 11 is 3.96. The second-order valence-electron chi connectivity index (χ2n) is 6.53. The van der Waals surface area contributed by atoms with Gasteiger partial charge in [-0.3, -0.25) is 4.79 Å². The summed E-state index contributed by atoms with van der Waals surface area (Å²) in [4.78, 5) is 12.3. The van der Waals surface area contributed by atoms with Crippen LogP contribution in [0.4, 0.5) is 0 Å². The Hall–Kier alpha value is -1.07. The number of thiazole rings is 1. The smallest absolute Gasteiger partial charge is 0.309 e. The third-order valence-corrected chi connectivity index (χ3v) is 8.34. The Labute approximate surface area is 137 Å². The first kappa shape index (κ1) is 13.4. The number of thioether (sulfide) groups is 1.